The molecule has 0 aliphatic heterocycles. The van der Waals surface area contributed by atoms with Crippen molar-refractivity contribution in [2.24, 2.45) is 5.92 Å². The molecule has 1 heterocycles. The molecule has 0 bridgehead atoms. The molecule has 1 aromatic carbocycles. The first-order valence-electron chi connectivity index (χ1n) is 7.81. The normalized spacial score (nSPS) is 14.7. The van der Waals surface area contributed by atoms with E-state index in [2.05, 4.69) is 10.4 Å². The second kappa shape index (κ2) is 6.30. The molecule has 1 N–H and O–H groups in total. The van der Waals surface area contributed by atoms with Gasteiger partial charge in [0.1, 0.15) is 5.82 Å². The molecule has 1 saturated carbocycles. The van der Waals surface area contributed by atoms with E-state index in [1.54, 1.807) is 10.9 Å². The highest BCUT2D eigenvalue weighted by atomic mass is 19.4. The van der Waals surface area contributed by atoms with E-state index in [9.17, 15) is 18.0 Å². The Labute approximate surface area is 137 Å². The maximum atomic E-state index is 12.5. The first-order chi connectivity index (χ1) is 11.3. The molecule has 0 unspecified atom stereocenters. The molecular weight excluding hydrogens is 319 g/mol. The number of anilines is 1. The van der Waals surface area contributed by atoms with Gasteiger partial charge in [0.05, 0.1) is 18.2 Å². The van der Waals surface area contributed by atoms with Gasteiger partial charge in [-0.25, -0.2) is 4.68 Å². The number of carbonyl (C=O) groups is 1. The number of nitrogens with zero attached hydrogens (tertiary/aromatic N) is 2. The molecule has 24 heavy (non-hydrogen) atoms. The zero-order chi connectivity index (χ0) is 17.3. The highest BCUT2D eigenvalue weighted by Crippen LogP contribution is 2.32. The van der Waals surface area contributed by atoms with Gasteiger partial charge in [-0.3, -0.25) is 4.79 Å². The second-order valence-corrected chi connectivity index (χ2v) is 6.22. The molecule has 1 aromatic heterocycles. The number of alkyl halides is 3. The number of halogens is 3. The summed E-state index contributed by atoms with van der Waals surface area (Å²) in [7, 11) is 0. The van der Waals surface area contributed by atoms with Crippen LogP contribution in [-0.2, 0) is 23.9 Å². The minimum atomic E-state index is -4.37. The van der Waals surface area contributed by atoms with Crippen LogP contribution in [0.1, 0.15) is 29.5 Å². The number of rotatable bonds is 5. The zero-order valence-electron chi connectivity index (χ0n) is 13.2. The van der Waals surface area contributed by atoms with Gasteiger partial charge < -0.3 is 5.32 Å². The fourth-order valence-corrected chi connectivity index (χ4v) is 2.50. The van der Waals surface area contributed by atoms with Crippen LogP contribution in [-0.4, -0.2) is 15.7 Å². The Balaban J connectivity index is 1.64. The van der Waals surface area contributed by atoms with Gasteiger partial charge in [-0.15, -0.1) is 0 Å². The van der Waals surface area contributed by atoms with Crippen LogP contribution in [0.15, 0.2) is 30.5 Å². The maximum absolute atomic E-state index is 12.5. The molecule has 3 rings (SSSR count). The summed E-state index contributed by atoms with van der Waals surface area (Å²) in [6.07, 6.45) is -0.286. The Kier molecular flexibility index (Phi) is 4.34. The molecule has 7 heteroatoms. The summed E-state index contributed by atoms with van der Waals surface area (Å²) in [6, 6.07) is 4.64. The standard InChI is InChI=1S/C17H18F3N3O/c1-11-9-21-23(10-13-2-3-13)16(11)22-15(24)8-12-4-6-14(7-5-12)17(18,19)20/h4-7,9,13H,2-3,8,10H2,1H3,(H,22,24). The predicted octanol–water partition coefficient (Wildman–Crippen LogP) is 3.80. The molecule has 4 nitrogen and oxygen atoms in total. The van der Waals surface area contributed by atoms with Crippen LogP contribution in [0, 0.1) is 12.8 Å². The van der Waals surface area contributed by atoms with E-state index in [-0.39, 0.29) is 12.3 Å². The van der Waals surface area contributed by atoms with Gasteiger partial charge >= 0.3 is 6.18 Å². The third-order valence-electron chi connectivity index (χ3n) is 4.05. The van der Waals surface area contributed by atoms with Crippen molar-refractivity contribution in [1.82, 2.24) is 9.78 Å². The quantitative estimate of drug-likeness (QED) is 0.902. The highest BCUT2D eigenvalue weighted by Gasteiger charge is 2.30. The Morgan fingerprint density at radius 3 is 2.54 bits per heavy atom. The number of nitrogens with one attached hydrogen (secondary N) is 1. The van der Waals surface area contributed by atoms with Gasteiger partial charge in [0.15, 0.2) is 0 Å². The summed E-state index contributed by atoms with van der Waals surface area (Å²) in [5.41, 5.74) is 0.688. The van der Waals surface area contributed by atoms with Crippen molar-refractivity contribution in [3.8, 4) is 0 Å². The number of benzene rings is 1. The molecule has 1 aliphatic rings. The third-order valence-corrected chi connectivity index (χ3v) is 4.05. The number of hydrogen-bond donors (Lipinski definition) is 1. The average molecular weight is 337 g/mol. The summed E-state index contributed by atoms with van der Waals surface area (Å²) in [5.74, 6) is 1.02. The molecule has 0 atom stereocenters. The van der Waals surface area contributed by atoms with Gasteiger partial charge in [0, 0.05) is 12.1 Å². The minimum Gasteiger partial charge on any atom is -0.310 e. The number of aryl methyl sites for hydroxylation is 1. The Bertz CT molecular complexity index is 731. The molecule has 1 fully saturated rings. The van der Waals surface area contributed by atoms with Crippen molar-refractivity contribution in [2.75, 3.05) is 5.32 Å². The molecule has 1 amide bonds. The summed E-state index contributed by atoms with van der Waals surface area (Å²) in [4.78, 5) is 12.2. The Hall–Kier alpha value is -2.31. The van der Waals surface area contributed by atoms with Crippen LogP contribution >= 0.6 is 0 Å². The average Bonchev–Trinajstić information content (AvgIpc) is 3.26. The molecule has 0 spiro atoms. The lowest BCUT2D eigenvalue weighted by atomic mass is 10.1. The summed E-state index contributed by atoms with van der Waals surface area (Å²) < 4.78 is 39.4. The van der Waals surface area contributed by atoms with Crippen molar-refractivity contribution in [3.05, 3.63) is 47.2 Å². The fourth-order valence-electron chi connectivity index (χ4n) is 2.50. The summed E-state index contributed by atoms with van der Waals surface area (Å²) >= 11 is 0. The van der Waals surface area contributed by atoms with Crippen molar-refractivity contribution in [3.63, 3.8) is 0 Å². The van der Waals surface area contributed by atoms with Crippen molar-refractivity contribution >= 4 is 11.7 Å². The lowest BCUT2D eigenvalue weighted by molar-refractivity contribution is -0.137. The zero-order valence-corrected chi connectivity index (χ0v) is 13.2. The van der Waals surface area contributed by atoms with Crippen LogP contribution in [0.2, 0.25) is 0 Å². The molecule has 0 saturated heterocycles. The maximum Gasteiger partial charge on any atom is 0.416 e. The highest BCUT2D eigenvalue weighted by molar-refractivity contribution is 5.92. The smallest absolute Gasteiger partial charge is 0.310 e. The Morgan fingerprint density at radius 2 is 1.96 bits per heavy atom. The first kappa shape index (κ1) is 16.5. The first-order valence-corrected chi connectivity index (χ1v) is 7.81. The van der Waals surface area contributed by atoms with Crippen molar-refractivity contribution < 1.29 is 18.0 Å². The molecule has 0 radical (unpaired) electrons. The van der Waals surface area contributed by atoms with E-state index in [1.165, 1.54) is 25.0 Å². The topological polar surface area (TPSA) is 46.9 Å². The van der Waals surface area contributed by atoms with E-state index in [4.69, 9.17) is 0 Å². The number of amides is 1. The fraction of sp³-hybridized carbons (Fsp3) is 0.412. The van der Waals surface area contributed by atoms with E-state index in [1.807, 2.05) is 6.92 Å². The van der Waals surface area contributed by atoms with Gasteiger partial charge in [0.2, 0.25) is 5.91 Å². The molecule has 128 valence electrons. The lowest BCUT2D eigenvalue weighted by Gasteiger charge is -2.11. The number of aromatic nitrogens is 2. The monoisotopic (exact) mass is 337 g/mol. The van der Waals surface area contributed by atoms with Crippen molar-refractivity contribution in [1.29, 1.82) is 0 Å². The molecule has 2 aromatic rings. The van der Waals surface area contributed by atoms with Crippen LogP contribution in [0.4, 0.5) is 19.0 Å². The van der Waals surface area contributed by atoms with Crippen LogP contribution in [0.3, 0.4) is 0 Å². The van der Waals surface area contributed by atoms with Crippen LogP contribution in [0.25, 0.3) is 0 Å². The van der Waals surface area contributed by atoms with Crippen LogP contribution < -0.4 is 5.32 Å². The van der Waals surface area contributed by atoms with E-state index >= 15 is 0 Å². The van der Waals surface area contributed by atoms with E-state index < -0.39 is 11.7 Å². The van der Waals surface area contributed by atoms with Gasteiger partial charge in [0.25, 0.3) is 0 Å². The van der Waals surface area contributed by atoms with Gasteiger partial charge in [-0.05, 0) is 43.4 Å². The number of carbonyl (C=O) groups excluding carboxylic acids is 1. The molecular formula is C17H18F3N3O. The molecule has 1 aliphatic carbocycles. The van der Waals surface area contributed by atoms with E-state index in [0.29, 0.717) is 17.3 Å². The predicted molar refractivity (Wildman–Crippen MR) is 83.5 cm³/mol. The third kappa shape index (κ3) is 3.96. The summed E-state index contributed by atoms with van der Waals surface area (Å²) in [5, 5.41) is 7.10. The Morgan fingerprint density at radius 1 is 1.29 bits per heavy atom. The van der Waals surface area contributed by atoms with Crippen LogP contribution in [0.5, 0.6) is 0 Å². The second-order valence-electron chi connectivity index (χ2n) is 6.22. The lowest BCUT2D eigenvalue weighted by Crippen LogP contribution is -2.19. The minimum absolute atomic E-state index is 0.0200. The van der Waals surface area contributed by atoms with Gasteiger partial charge in [-0.1, -0.05) is 12.1 Å². The largest absolute Gasteiger partial charge is 0.416 e. The van der Waals surface area contributed by atoms with Crippen molar-refractivity contribution in [2.45, 2.75) is 38.9 Å². The SMILES string of the molecule is Cc1cnn(CC2CC2)c1NC(=O)Cc1ccc(C(F)(F)F)cc1. The van der Waals surface area contributed by atoms with E-state index in [0.717, 1.165) is 24.2 Å². The number of hydrogen-bond acceptors (Lipinski definition) is 2. The summed E-state index contributed by atoms with van der Waals surface area (Å²) in [6.45, 7) is 2.65. The van der Waals surface area contributed by atoms with Gasteiger partial charge in [-0.2, -0.15) is 18.3 Å².